The number of nitrogens with zero attached hydrogens (tertiary/aromatic N) is 3. The zero-order chi connectivity index (χ0) is 26.9. The quantitative estimate of drug-likeness (QED) is 0.139. The molecule has 1 aliphatic heterocycles. The first-order chi connectivity index (χ1) is 19.0. The number of benzene rings is 3. The number of amides is 1. The summed E-state index contributed by atoms with van der Waals surface area (Å²) in [7, 11) is 0. The van der Waals surface area contributed by atoms with Gasteiger partial charge in [-0.3, -0.25) is 19.8 Å². The number of aromatic nitrogens is 3. The molecule has 9 heteroatoms. The van der Waals surface area contributed by atoms with Crippen LogP contribution in [0.3, 0.4) is 0 Å². The molecular formula is C30H25N5O3S. The summed E-state index contributed by atoms with van der Waals surface area (Å²) in [5.41, 5.74) is 4.55. The Morgan fingerprint density at radius 1 is 0.923 bits per heavy atom. The van der Waals surface area contributed by atoms with Crippen LogP contribution in [0.5, 0.6) is 0 Å². The fourth-order valence-corrected chi connectivity index (χ4v) is 5.84. The van der Waals surface area contributed by atoms with Crippen LogP contribution in [-0.4, -0.2) is 30.8 Å². The summed E-state index contributed by atoms with van der Waals surface area (Å²) < 4.78 is 0. The number of nitrogens with one attached hydrogen (secondary N) is 2. The number of non-ortho nitro benzene ring substituents is 1. The molecule has 8 nitrogen and oxygen atoms in total. The van der Waals surface area contributed by atoms with Gasteiger partial charge in [0, 0.05) is 64.9 Å². The van der Waals surface area contributed by atoms with Crippen molar-refractivity contribution in [2.45, 2.75) is 19.3 Å². The Labute approximate surface area is 229 Å². The minimum Gasteiger partial charge on any atom is -0.361 e. The van der Waals surface area contributed by atoms with E-state index in [-0.39, 0.29) is 23.4 Å². The predicted molar refractivity (Wildman–Crippen MR) is 155 cm³/mol. The third-order valence-electron chi connectivity index (χ3n) is 7.39. The first-order valence-electron chi connectivity index (χ1n) is 12.8. The summed E-state index contributed by atoms with van der Waals surface area (Å²) in [5, 5.41) is 12.3. The van der Waals surface area contributed by atoms with Crippen molar-refractivity contribution in [2.24, 2.45) is 11.8 Å². The van der Waals surface area contributed by atoms with Crippen LogP contribution in [0, 0.1) is 22.0 Å². The zero-order valence-corrected chi connectivity index (χ0v) is 21.7. The minimum absolute atomic E-state index is 0.0322. The van der Waals surface area contributed by atoms with Crippen molar-refractivity contribution in [1.82, 2.24) is 15.0 Å². The maximum atomic E-state index is 13.9. The summed E-state index contributed by atoms with van der Waals surface area (Å²) in [4.78, 5) is 38.0. The van der Waals surface area contributed by atoms with E-state index in [1.807, 2.05) is 60.9 Å². The number of thiocarbonyl (C=S) groups is 1. The van der Waals surface area contributed by atoms with E-state index in [9.17, 15) is 14.9 Å². The van der Waals surface area contributed by atoms with Crippen LogP contribution in [0.15, 0.2) is 91.3 Å². The van der Waals surface area contributed by atoms with Gasteiger partial charge in [0.15, 0.2) is 0 Å². The zero-order valence-electron chi connectivity index (χ0n) is 20.9. The summed E-state index contributed by atoms with van der Waals surface area (Å²) >= 11 is 5.91. The fourth-order valence-electron chi connectivity index (χ4n) is 5.39. The van der Waals surface area contributed by atoms with Crippen molar-refractivity contribution in [1.29, 1.82) is 0 Å². The average Bonchev–Trinajstić information content (AvgIpc) is 3.66. The average molecular weight is 536 g/mol. The summed E-state index contributed by atoms with van der Waals surface area (Å²) in [6.45, 7) is 0. The molecule has 6 rings (SSSR count). The number of rotatable bonds is 8. The second-order valence-electron chi connectivity index (χ2n) is 9.70. The molecule has 0 aliphatic carbocycles. The maximum Gasteiger partial charge on any atom is 0.269 e. The molecule has 5 aromatic rings. The lowest BCUT2D eigenvalue weighted by Gasteiger charge is -2.17. The molecule has 39 heavy (non-hydrogen) atoms. The Bertz CT molecular complexity index is 1680. The molecule has 1 unspecified atom stereocenters. The number of anilines is 1. The highest BCUT2D eigenvalue weighted by Crippen LogP contribution is 2.38. The molecule has 2 aromatic heterocycles. The van der Waals surface area contributed by atoms with Crippen molar-refractivity contribution in [2.75, 3.05) is 4.90 Å². The molecule has 2 N–H and O–H groups in total. The lowest BCUT2D eigenvalue weighted by Crippen LogP contribution is -2.30. The van der Waals surface area contributed by atoms with Gasteiger partial charge in [-0.2, -0.15) is 0 Å². The van der Waals surface area contributed by atoms with E-state index in [1.165, 1.54) is 12.1 Å². The first-order valence-corrected chi connectivity index (χ1v) is 13.2. The molecular weight excluding hydrogens is 510 g/mol. The topological polar surface area (TPSA) is 108 Å². The van der Waals surface area contributed by atoms with Crippen LogP contribution in [0.2, 0.25) is 0 Å². The lowest BCUT2D eigenvalue weighted by atomic mass is 9.86. The smallest absolute Gasteiger partial charge is 0.269 e. The number of H-pyrrole nitrogens is 2. The van der Waals surface area contributed by atoms with Crippen LogP contribution < -0.4 is 4.90 Å². The molecule has 1 saturated heterocycles. The molecule has 3 aromatic carbocycles. The van der Waals surface area contributed by atoms with Gasteiger partial charge in [0.2, 0.25) is 5.91 Å². The first kappa shape index (κ1) is 24.7. The van der Waals surface area contributed by atoms with E-state index in [2.05, 4.69) is 16.0 Å². The van der Waals surface area contributed by atoms with Crippen molar-refractivity contribution in [3.05, 3.63) is 113 Å². The fraction of sp³-hybridized carbons (Fsp3) is 0.167. The third-order valence-corrected chi connectivity index (χ3v) is 7.87. The number of aryl methyl sites for hydroxylation is 1. The van der Waals surface area contributed by atoms with Crippen molar-refractivity contribution in [3.8, 4) is 11.3 Å². The van der Waals surface area contributed by atoms with Crippen LogP contribution >= 0.6 is 12.2 Å². The minimum atomic E-state index is -0.455. The molecule has 0 bridgehead atoms. The van der Waals surface area contributed by atoms with Crippen LogP contribution in [0.1, 0.15) is 17.8 Å². The van der Waals surface area contributed by atoms with Crippen LogP contribution in [0.25, 0.3) is 22.2 Å². The van der Waals surface area contributed by atoms with E-state index in [0.29, 0.717) is 29.9 Å². The predicted octanol–water partition coefficient (Wildman–Crippen LogP) is 6.25. The van der Waals surface area contributed by atoms with Gasteiger partial charge in [0.25, 0.3) is 5.69 Å². The Balaban J connectivity index is 1.29. The van der Waals surface area contributed by atoms with Crippen molar-refractivity contribution in [3.63, 3.8) is 0 Å². The van der Waals surface area contributed by atoms with Gasteiger partial charge in [-0.05, 0) is 36.6 Å². The summed E-state index contributed by atoms with van der Waals surface area (Å²) in [6.07, 6.45) is 5.64. The number of aromatic amines is 2. The normalized spacial score (nSPS) is 17.3. The number of hydrogen-bond acceptors (Lipinski definition) is 5. The molecule has 0 spiro atoms. The van der Waals surface area contributed by atoms with E-state index in [1.54, 1.807) is 17.0 Å². The Kier molecular flexibility index (Phi) is 6.50. The van der Waals surface area contributed by atoms with Gasteiger partial charge in [-0.15, -0.1) is 0 Å². The monoisotopic (exact) mass is 535 g/mol. The molecule has 1 fully saturated rings. The number of hydrogen-bond donors (Lipinski definition) is 2. The Morgan fingerprint density at radius 2 is 1.67 bits per heavy atom. The Hall–Kier alpha value is -4.63. The number of carbonyl (C=O) groups excluding carboxylic acids is 1. The molecule has 3 heterocycles. The highest BCUT2D eigenvalue weighted by atomic mass is 32.1. The number of fused-ring (bicyclic) bond motifs is 1. The molecule has 1 amide bonds. The van der Waals surface area contributed by atoms with E-state index in [0.717, 1.165) is 33.5 Å². The maximum absolute atomic E-state index is 13.9. The molecule has 0 radical (unpaired) electrons. The Morgan fingerprint density at radius 3 is 2.44 bits per heavy atom. The van der Waals surface area contributed by atoms with Gasteiger partial charge < -0.3 is 9.97 Å². The van der Waals surface area contributed by atoms with Gasteiger partial charge in [-0.25, -0.2) is 4.98 Å². The van der Waals surface area contributed by atoms with Gasteiger partial charge in [0.05, 0.1) is 15.6 Å². The highest BCUT2D eigenvalue weighted by Gasteiger charge is 2.45. The number of para-hydroxylation sites is 1. The standard InChI is InChI=1S/C30H25N5O3S/c36-29-24(14-15-28-32-18-27(33-28)19-6-2-1-3-7-19)25(16-20-17-31-26-9-5-4-8-23(20)26)30(39)34(29)21-10-12-22(13-11-21)35(37)38/h1-13,17-18,24-25,31H,14-16H2,(H,32,33)/t24-,25?/m1/s1. The van der Waals surface area contributed by atoms with E-state index < -0.39 is 4.92 Å². The third kappa shape index (κ3) is 4.72. The number of nitro benzene ring substituents is 1. The molecule has 194 valence electrons. The second kappa shape index (κ2) is 10.3. The summed E-state index contributed by atoms with van der Waals surface area (Å²) in [5.74, 6) is 0.165. The van der Waals surface area contributed by atoms with E-state index >= 15 is 0 Å². The van der Waals surface area contributed by atoms with Gasteiger partial charge in [0.1, 0.15) is 5.82 Å². The molecule has 2 atom stereocenters. The lowest BCUT2D eigenvalue weighted by molar-refractivity contribution is -0.384. The summed E-state index contributed by atoms with van der Waals surface area (Å²) in [6, 6.07) is 24.0. The number of nitro groups is 1. The molecule has 1 aliphatic rings. The number of carbonyl (C=O) groups is 1. The van der Waals surface area contributed by atoms with Crippen LogP contribution in [-0.2, 0) is 17.6 Å². The van der Waals surface area contributed by atoms with Crippen molar-refractivity contribution < 1.29 is 9.72 Å². The van der Waals surface area contributed by atoms with Crippen LogP contribution in [0.4, 0.5) is 11.4 Å². The van der Waals surface area contributed by atoms with Gasteiger partial charge in [-0.1, -0.05) is 60.7 Å². The molecule has 0 saturated carbocycles. The second-order valence-corrected chi connectivity index (χ2v) is 10.1. The number of imidazole rings is 1. The van der Waals surface area contributed by atoms with Crippen molar-refractivity contribution >= 4 is 45.4 Å². The van der Waals surface area contributed by atoms with Gasteiger partial charge >= 0.3 is 0 Å². The SMILES string of the molecule is O=C1[C@H](CCc2nc(-c3ccccc3)c[nH]2)C(Cc2c[nH]c3ccccc23)C(=S)N1c1ccc([N+](=O)[O-])cc1. The van der Waals surface area contributed by atoms with E-state index in [4.69, 9.17) is 17.2 Å². The highest BCUT2D eigenvalue weighted by molar-refractivity contribution is 7.80. The largest absolute Gasteiger partial charge is 0.361 e.